The van der Waals surface area contributed by atoms with Crippen LogP contribution in [0.2, 0.25) is 0 Å². The third kappa shape index (κ3) is 8.93. The second-order valence-corrected chi connectivity index (χ2v) is 5.52. The summed E-state index contributed by atoms with van der Waals surface area (Å²) in [5.41, 5.74) is 0. The van der Waals surface area contributed by atoms with Gasteiger partial charge in [-0.15, -0.1) is 0 Å². The monoisotopic (exact) mass is 310 g/mol. The standard InChI is InChI=1S/C10H15F5O3S/c1-19(16,17)18-8-6-4-2-3-5-7-9(11,12)10(13,14)15/h2-3H,4-8H2,1H3. The molecule has 0 aliphatic heterocycles. The summed E-state index contributed by atoms with van der Waals surface area (Å²) in [4.78, 5) is 0. The van der Waals surface area contributed by atoms with Gasteiger partial charge in [-0.25, -0.2) is 0 Å². The molecule has 0 saturated heterocycles. The summed E-state index contributed by atoms with van der Waals surface area (Å²) in [5, 5.41) is 0. The zero-order valence-electron chi connectivity index (χ0n) is 10.2. The molecule has 114 valence electrons. The van der Waals surface area contributed by atoms with Gasteiger partial charge in [0.1, 0.15) is 0 Å². The molecule has 0 saturated carbocycles. The van der Waals surface area contributed by atoms with E-state index >= 15 is 0 Å². The number of unbranched alkanes of at least 4 members (excludes halogenated alkanes) is 1. The molecule has 3 nitrogen and oxygen atoms in total. The summed E-state index contributed by atoms with van der Waals surface area (Å²) in [5.74, 6) is -4.68. The molecule has 0 aromatic rings. The van der Waals surface area contributed by atoms with Gasteiger partial charge in [-0.2, -0.15) is 30.4 Å². The summed E-state index contributed by atoms with van der Waals surface area (Å²) in [6, 6.07) is 0. The molecule has 9 heteroatoms. The Kier molecular flexibility index (Phi) is 6.92. The number of allylic oxidation sites excluding steroid dienone is 2. The van der Waals surface area contributed by atoms with Gasteiger partial charge in [-0.05, 0) is 19.3 Å². The van der Waals surface area contributed by atoms with E-state index in [2.05, 4.69) is 4.18 Å². The summed E-state index contributed by atoms with van der Waals surface area (Å²) in [6.07, 6.45) is -3.04. The Morgan fingerprint density at radius 3 is 2.05 bits per heavy atom. The van der Waals surface area contributed by atoms with Crippen LogP contribution in [0.15, 0.2) is 12.2 Å². The molecule has 0 spiro atoms. The van der Waals surface area contributed by atoms with E-state index in [0.29, 0.717) is 12.8 Å². The average molecular weight is 310 g/mol. The minimum absolute atomic E-state index is 0.0537. The fourth-order valence-electron chi connectivity index (χ4n) is 1.05. The lowest BCUT2D eigenvalue weighted by Crippen LogP contribution is -2.35. The van der Waals surface area contributed by atoms with Gasteiger partial charge in [0.15, 0.2) is 0 Å². The van der Waals surface area contributed by atoms with Crippen LogP contribution in [-0.2, 0) is 14.3 Å². The molecule has 0 unspecified atom stereocenters. The molecule has 19 heavy (non-hydrogen) atoms. The van der Waals surface area contributed by atoms with Crippen LogP contribution in [-0.4, -0.2) is 33.4 Å². The Labute approximate surface area is 108 Å². The lowest BCUT2D eigenvalue weighted by Gasteiger charge is -2.18. The van der Waals surface area contributed by atoms with Crippen molar-refractivity contribution in [1.82, 2.24) is 0 Å². The smallest absolute Gasteiger partial charge is 0.270 e. The van der Waals surface area contributed by atoms with Gasteiger partial charge in [0.25, 0.3) is 10.1 Å². The van der Waals surface area contributed by atoms with E-state index in [0.717, 1.165) is 6.26 Å². The highest BCUT2D eigenvalue weighted by Crippen LogP contribution is 2.38. The summed E-state index contributed by atoms with van der Waals surface area (Å²) < 4.78 is 85.7. The van der Waals surface area contributed by atoms with Crippen molar-refractivity contribution < 1.29 is 34.6 Å². The highest BCUT2D eigenvalue weighted by atomic mass is 32.2. The molecule has 0 heterocycles. The highest BCUT2D eigenvalue weighted by Gasteiger charge is 2.56. The number of halogens is 5. The van der Waals surface area contributed by atoms with Crippen molar-refractivity contribution in [2.45, 2.75) is 37.8 Å². The molecule has 0 aliphatic rings. The molecule has 0 rings (SSSR count). The van der Waals surface area contributed by atoms with Crippen molar-refractivity contribution in [3.8, 4) is 0 Å². The van der Waals surface area contributed by atoms with E-state index in [-0.39, 0.29) is 6.61 Å². The molecule has 0 aromatic carbocycles. The predicted molar refractivity (Wildman–Crippen MR) is 59.4 cm³/mol. The van der Waals surface area contributed by atoms with E-state index in [9.17, 15) is 30.4 Å². The Morgan fingerprint density at radius 2 is 1.58 bits per heavy atom. The van der Waals surface area contributed by atoms with Gasteiger partial charge < -0.3 is 0 Å². The van der Waals surface area contributed by atoms with Crippen LogP contribution in [0.25, 0.3) is 0 Å². The van der Waals surface area contributed by atoms with Crippen LogP contribution in [0, 0.1) is 0 Å². The van der Waals surface area contributed by atoms with Crippen molar-refractivity contribution in [2.75, 3.05) is 12.9 Å². The van der Waals surface area contributed by atoms with Crippen molar-refractivity contribution in [2.24, 2.45) is 0 Å². The molecular weight excluding hydrogens is 295 g/mol. The Balaban J connectivity index is 3.77. The molecule has 0 radical (unpaired) electrons. The van der Waals surface area contributed by atoms with Gasteiger partial charge in [0.2, 0.25) is 0 Å². The SMILES string of the molecule is CS(=O)(=O)OCCCC=CCCC(F)(F)C(F)(F)F. The van der Waals surface area contributed by atoms with Gasteiger partial charge in [0.05, 0.1) is 12.9 Å². The quantitative estimate of drug-likeness (QED) is 0.299. The Morgan fingerprint density at radius 1 is 1.05 bits per heavy atom. The van der Waals surface area contributed by atoms with Gasteiger partial charge in [0, 0.05) is 6.42 Å². The van der Waals surface area contributed by atoms with Crippen LogP contribution in [0.5, 0.6) is 0 Å². The van der Waals surface area contributed by atoms with Crippen LogP contribution >= 0.6 is 0 Å². The first-order chi connectivity index (χ1) is 8.46. The maximum absolute atomic E-state index is 12.4. The van der Waals surface area contributed by atoms with Crippen LogP contribution in [0.3, 0.4) is 0 Å². The topological polar surface area (TPSA) is 43.4 Å². The largest absolute Gasteiger partial charge is 0.453 e. The number of hydrogen-bond acceptors (Lipinski definition) is 3. The zero-order valence-corrected chi connectivity index (χ0v) is 11.0. The summed E-state index contributed by atoms with van der Waals surface area (Å²) in [6.45, 7) is -0.0537. The van der Waals surface area contributed by atoms with Gasteiger partial charge in [-0.1, -0.05) is 12.2 Å². The van der Waals surface area contributed by atoms with Crippen molar-refractivity contribution in [3.63, 3.8) is 0 Å². The maximum atomic E-state index is 12.4. The maximum Gasteiger partial charge on any atom is 0.453 e. The Hall–Kier alpha value is -0.700. The molecule has 0 bridgehead atoms. The van der Waals surface area contributed by atoms with E-state index in [4.69, 9.17) is 0 Å². The first-order valence-electron chi connectivity index (χ1n) is 5.40. The average Bonchev–Trinajstić information content (AvgIpc) is 2.18. The molecule has 0 amide bonds. The number of hydrogen-bond donors (Lipinski definition) is 0. The third-order valence-corrected chi connectivity index (χ3v) is 2.61. The highest BCUT2D eigenvalue weighted by molar-refractivity contribution is 7.85. The van der Waals surface area contributed by atoms with Crippen molar-refractivity contribution >= 4 is 10.1 Å². The molecule has 0 aromatic heterocycles. The number of rotatable bonds is 8. The van der Waals surface area contributed by atoms with E-state index in [1.54, 1.807) is 0 Å². The van der Waals surface area contributed by atoms with Crippen LogP contribution < -0.4 is 0 Å². The summed E-state index contributed by atoms with van der Waals surface area (Å²) >= 11 is 0. The minimum Gasteiger partial charge on any atom is -0.270 e. The fourth-order valence-corrected chi connectivity index (χ4v) is 1.47. The van der Waals surface area contributed by atoms with E-state index in [1.807, 2.05) is 0 Å². The molecule has 0 aliphatic carbocycles. The predicted octanol–water partition coefficient (Wildman–Crippen LogP) is 3.28. The first kappa shape index (κ1) is 18.3. The number of alkyl halides is 5. The van der Waals surface area contributed by atoms with Crippen molar-refractivity contribution in [1.29, 1.82) is 0 Å². The lowest BCUT2D eigenvalue weighted by molar-refractivity contribution is -0.283. The van der Waals surface area contributed by atoms with Gasteiger partial charge in [-0.3, -0.25) is 4.18 Å². The summed E-state index contributed by atoms with van der Waals surface area (Å²) in [7, 11) is -3.51. The molecular formula is C10H15F5O3S. The van der Waals surface area contributed by atoms with Gasteiger partial charge >= 0.3 is 12.1 Å². The van der Waals surface area contributed by atoms with E-state index in [1.165, 1.54) is 12.2 Å². The normalized spacial score (nSPS) is 14.2. The minimum atomic E-state index is -5.52. The third-order valence-electron chi connectivity index (χ3n) is 2.02. The second kappa shape index (κ2) is 7.18. The van der Waals surface area contributed by atoms with Crippen LogP contribution in [0.4, 0.5) is 22.0 Å². The molecule has 0 atom stereocenters. The first-order valence-corrected chi connectivity index (χ1v) is 7.21. The zero-order chi connectivity index (χ0) is 15.2. The van der Waals surface area contributed by atoms with Crippen molar-refractivity contribution in [3.05, 3.63) is 12.2 Å². The molecule has 0 fully saturated rings. The lowest BCUT2D eigenvalue weighted by atomic mass is 10.1. The second-order valence-electron chi connectivity index (χ2n) is 3.88. The molecule has 0 N–H and O–H groups in total. The fraction of sp³-hybridized carbons (Fsp3) is 0.800. The Bertz CT molecular complexity index is 386. The van der Waals surface area contributed by atoms with Crippen LogP contribution in [0.1, 0.15) is 25.7 Å². The van der Waals surface area contributed by atoms with E-state index < -0.39 is 35.1 Å².